The van der Waals surface area contributed by atoms with Crippen molar-refractivity contribution in [3.05, 3.63) is 65.4 Å². The number of nitrogens with zero attached hydrogens (tertiary/aromatic N) is 5. The molecule has 0 N–H and O–H groups in total. The van der Waals surface area contributed by atoms with Gasteiger partial charge in [-0.05, 0) is 38.1 Å². The number of benzene rings is 2. The lowest BCUT2D eigenvalue weighted by Gasteiger charge is -2.34. The van der Waals surface area contributed by atoms with Crippen LogP contribution >= 0.6 is 11.3 Å². The van der Waals surface area contributed by atoms with E-state index in [0.29, 0.717) is 24.4 Å². The molecule has 8 heteroatoms. The van der Waals surface area contributed by atoms with Gasteiger partial charge >= 0.3 is 0 Å². The molecule has 164 valence electrons. The monoisotopic (exact) mass is 447 g/mol. The van der Waals surface area contributed by atoms with Crippen LogP contribution in [0.3, 0.4) is 0 Å². The smallest absolute Gasteiger partial charge is 0.257 e. The van der Waals surface area contributed by atoms with E-state index in [1.54, 1.807) is 18.4 Å². The van der Waals surface area contributed by atoms with Crippen molar-refractivity contribution in [3.63, 3.8) is 0 Å². The van der Waals surface area contributed by atoms with Gasteiger partial charge in [0.25, 0.3) is 5.91 Å². The van der Waals surface area contributed by atoms with E-state index in [4.69, 9.17) is 14.8 Å². The Labute approximate surface area is 190 Å². The fourth-order valence-corrected chi connectivity index (χ4v) is 5.06. The summed E-state index contributed by atoms with van der Waals surface area (Å²) in [5.74, 6) is 0.625. The Balaban J connectivity index is 1.35. The van der Waals surface area contributed by atoms with Crippen molar-refractivity contribution in [2.75, 3.05) is 38.2 Å². The lowest BCUT2D eigenvalue weighted by molar-refractivity contribution is 0.0743. The van der Waals surface area contributed by atoms with Gasteiger partial charge in [0.15, 0.2) is 10.8 Å². The number of aromatic nitrogens is 3. The Kier molecular flexibility index (Phi) is 5.30. The van der Waals surface area contributed by atoms with Gasteiger partial charge in [0.05, 0.1) is 28.8 Å². The number of methoxy groups -OCH3 is 1. The first-order valence-corrected chi connectivity index (χ1v) is 11.5. The van der Waals surface area contributed by atoms with Gasteiger partial charge < -0.3 is 14.5 Å². The summed E-state index contributed by atoms with van der Waals surface area (Å²) in [5.41, 5.74) is 4.71. The number of rotatable bonds is 4. The van der Waals surface area contributed by atoms with Crippen molar-refractivity contribution in [1.82, 2.24) is 19.7 Å². The maximum absolute atomic E-state index is 13.0. The summed E-state index contributed by atoms with van der Waals surface area (Å²) in [5, 5.41) is 5.68. The van der Waals surface area contributed by atoms with Gasteiger partial charge in [0, 0.05) is 26.2 Å². The number of anilines is 1. The maximum Gasteiger partial charge on any atom is 0.257 e. The molecule has 0 aliphatic carbocycles. The molecule has 0 atom stereocenters. The first kappa shape index (κ1) is 20.5. The van der Waals surface area contributed by atoms with Crippen LogP contribution in [0.1, 0.15) is 21.6 Å². The van der Waals surface area contributed by atoms with Crippen LogP contribution in [0, 0.1) is 13.8 Å². The van der Waals surface area contributed by atoms with Crippen molar-refractivity contribution in [1.29, 1.82) is 0 Å². The van der Waals surface area contributed by atoms with E-state index < -0.39 is 0 Å². The number of para-hydroxylation sites is 1. The van der Waals surface area contributed by atoms with Gasteiger partial charge in [0.1, 0.15) is 5.75 Å². The van der Waals surface area contributed by atoms with E-state index in [1.807, 2.05) is 40.8 Å². The van der Waals surface area contributed by atoms with Gasteiger partial charge in [-0.2, -0.15) is 10.1 Å². The zero-order valence-electron chi connectivity index (χ0n) is 18.4. The SMILES string of the molecule is COc1ccccc1C(=O)N1CCN(c2nc3c(s2)c(C)nn3-c2ccc(C)cc2)CC1. The molecular formula is C24H25N5O2S. The second-order valence-electron chi connectivity index (χ2n) is 7.96. The van der Waals surface area contributed by atoms with E-state index in [9.17, 15) is 4.79 Å². The summed E-state index contributed by atoms with van der Waals surface area (Å²) in [6, 6.07) is 15.7. The fourth-order valence-electron chi connectivity index (χ4n) is 4.02. The van der Waals surface area contributed by atoms with Gasteiger partial charge in [-0.3, -0.25) is 4.79 Å². The summed E-state index contributed by atoms with van der Waals surface area (Å²) in [6.07, 6.45) is 0. The molecule has 1 amide bonds. The molecule has 5 rings (SSSR count). The minimum Gasteiger partial charge on any atom is -0.496 e. The highest BCUT2D eigenvalue weighted by Gasteiger charge is 2.26. The highest BCUT2D eigenvalue weighted by Crippen LogP contribution is 2.33. The second kappa shape index (κ2) is 8.27. The van der Waals surface area contributed by atoms with Crippen LogP contribution in [0.5, 0.6) is 5.75 Å². The molecule has 3 heterocycles. The molecular weight excluding hydrogens is 422 g/mol. The average molecular weight is 448 g/mol. The molecule has 0 unspecified atom stereocenters. The Morgan fingerprint density at radius 1 is 1.00 bits per heavy atom. The lowest BCUT2D eigenvalue weighted by Crippen LogP contribution is -2.48. The molecule has 0 spiro atoms. The Bertz CT molecular complexity index is 1270. The van der Waals surface area contributed by atoms with Gasteiger partial charge in [-0.25, -0.2) is 4.68 Å². The van der Waals surface area contributed by atoms with Crippen LogP contribution in [-0.2, 0) is 0 Å². The molecule has 32 heavy (non-hydrogen) atoms. The number of thiazole rings is 1. The minimum atomic E-state index is 0.0113. The van der Waals surface area contributed by atoms with Crippen LogP contribution < -0.4 is 9.64 Å². The molecule has 0 bridgehead atoms. The number of carbonyl (C=O) groups is 1. The van der Waals surface area contributed by atoms with Crippen LogP contribution in [0.2, 0.25) is 0 Å². The first-order valence-electron chi connectivity index (χ1n) is 10.7. The summed E-state index contributed by atoms with van der Waals surface area (Å²) in [4.78, 5) is 22.1. The van der Waals surface area contributed by atoms with Crippen molar-refractivity contribution in [2.45, 2.75) is 13.8 Å². The quantitative estimate of drug-likeness (QED) is 0.472. The van der Waals surface area contributed by atoms with Crippen LogP contribution in [0.4, 0.5) is 5.13 Å². The second-order valence-corrected chi connectivity index (χ2v) is 8.94. The molecule has 2 aromatic carbocycles. The number of amides is 1. The summed E-state index contributed by atoms with van der Waals surface area (Å²) < 4.78 is 8.39. The van der Waals surface area contributed by atoms with Crippen LogP contribution in [0.25, 0.3) is 16.0 Å². The number of fused-ring (bicyclic) bond motifs is 1. The number of carbonyl (C=O) groups excluding carboxylic acids is 1. The summed E-state index contributed by atoms with van der Waals surface area (Å²) >= 11 is 1.67. The van der Waals surface area contributed by atoms with Crippen LogP contribution in [0.15, 0.2) is 48.5 Å². The molecule has 4 aromatic rings. The molecule has 2 aromatic heterocycles. The maximum atomic E-state index is 13.0. The van der Waals surface area contributed by atoms with Crippen molar-refractivity contribution in [2.24, 2.45) is 0 Å². The standard InChI is InChI=1S/C24H25N5O2S/c1-16-8-10-18(11-9-16)29-22-21(17(2)26-29)32-24(25-22)28-14-12-27(13-15-28)23(30)19-6-4-5-7-20(19)31-3/h4-11H,12-15H2,1-3H3. The third kappa shape index (κ3) is 3.60. The lowest BCUT2D eigenvalue weighted by atomic mass is 10.1. The summed E-state index contributed by atoms with van der Waals surface area (Å²) in [7, 11) is 1.59. The predicted octanol–water partition coefficient (Wildman–Crippen LogP) is 4.07. The normalized spacial score (nSPS) is 14.2. The average Bonchev–Trinajstić information content (AvgIpc) is 3.40. The largest absolute Gasteiger partial charge is 0.496 e. The number of aryl methyl sites for hydroxylation is 2. The molecule has 1 aliphatic heterocycles. The molecule has 1 aliphatic rings. The highest BCUT2D eigenvalue weighted by atomic mass is 32.1. The van der Waals surface area contributed by atoms with Gasteiger partial charge in [-0.15, -0.1) is 0 Å². The topological polar surface area (TPSA) is 63.5 Å². The van der Waals surface area contributed by atoms with E-state index >= 15 is 0 Å². The summed E-state index contributed by atoms with van der Waals surface area (Å²) in [6.45, 7) is 6.89. The van der Waals surface area contributed by atoms with Crippen molar-refractivity contribution >= 4 is 32.7 Å². The minimum absolute atomic E-state index is 0.0113. The van der Waals surface area contributed by atoms with Gasteiger partial charge in [-0.1, -0.05) is 41.2 Å². The molecule has 7 nitrogen and oxygen atoms in total. The van der Waals surface area contributed by atoms with E-state index in [1.165, 1.54) is 5.56 Å². The number of piperazine rings is 1. The Morgan fingerprint density at radius 2 is 1.72 bits per heavy atom. The predicted molar refractivity (Wildman–Crippen MR) is 127 cm³/mol. The zero-order chi connectivity index (χ0) is 22.2. The Morgan fingerprint density at radius 3 is 2.44 bits per heavy atom. The molecule has 1 saturated heterocycles. The fraction of sp³-hybridized carbons (Fsp3) is 0.292. The zero-order valence-corrected chi connectivity index (χ0v) is 19.2. The highest BCUT2D eigenvalue weighted by molar-refractivity contribution is 7.22. The first-order chi connectivity index (χ1) is 15.5. The Hall–Kier alpha value is -3.39. The number of hydrogen-bond acceptors (Lipinski definition) is 6. The molecule has 1 fully saturated rings. The number of hydrogen-bond donors (Lipinski definition) is 0. The van der Waals surface area contributed by atoms with E-state index in [0.717, 1.165) is 39.9 Å². The van der Waals surface area contributed by atoms with Crippen molar-refractivity contribution < 1.29 is 9.53 Å². The molecule has 0 radical (unpaired) electrons. The van der Waals surface area contributed by atoms with E-state index in [2.05, 4.69) is 36.1 Å². The van der Waals surface area contributed by atoms with Gasteiger partial charge in [0.2, 0.25) is 0 Å². The number of ether oxygens (including phenoxy) is 1. The van der Waals surface area contributed by atoms with Crippen LogP contribution in [-0.4, -0.2) is 58.9 Å². The third-order valence-electron chi connectivity index (χ3n) is 5.83. The third-order valence-corrected chi connectivity index (χ3v) is 7.04. The van der Waals surface area contributed by atoms with E-state index in [-0.39, 0.29) is 5.91 Å². The van der Waals surface area contributed by atoms with Crippen molar-refractivity contribution in [3.8, 4) is 11.4 Å². The molecule has 0 saturated carbocycles.